The van der Waals surface area contributed by atoms with Gasteiger partial charge in [-0.25, -0.2) is 9.18 Å². The number of carboxylic acids is 1. The molecule has 1 saturated carbocycles. The number of nitrogens with zero attached hydrogens (tertiary/aromatic N) is 1. The molecule has 1 aliphatic heterocycles. The number of fused-ring (bicyclic) bond motifs is 1. The van der Waals surface area contributed by atoms with Gasteiger partial charge >= 0.3 is 5.97 Å². The Kier molecular flexibility index (Phi) is 4.67. The van der Waals surface area contributed by atoms with E-state index in [0.717, 1.165) is 18.7 Å². The van der Waals surface area contributed by atoms with Crippen molar-refractivity contribution >= 4 is 46.6 Å². The summed E-state index contributed by atoms with van der Waals surface area (Å²) >= 11 is 6.63. The van der Waals surface area contributed by atoms with E-state index in [9.17, 15) is 14.0 Å². The maximum Gasteiger partial charge on any atom is 0.341 e. The van der Waals surface area contributed by atoms with E-state index in [1.807, 2.05) is 4.90 Å². The molecule has 4 N–H and O–H groups in total. The number of carbonyl (C=O) groups is 1. The van der Waals surface area contributed by atoms with Crippen LogP contribution < -0.4 is 16.1 Å². The molecule has 1 aromatic carbocycles. The number of nitrogens with one attached hydrogen (secondary N) is 1. The zero-order chi connectivity index (χ0) is 17.9. The van der Waals surface area contributed by atoms with E-state index in [1.54, 1.807) is 0 Å². The van der Waals surface area contributed by atoms with Gasteiger partial charge in [-0.15, -0.1) is 24.0 Å². The lowest BCUT2D eigenvalue weighted by Crippen LogP contribution is -2.29. The van der Waals surface area contributed by atoms with Crippen LogP contribution in [-0.2, 0) is 4.87 Å². The maximum atomic E-state index is 15.0. The fraction of sp³-hybridized carbons (Fsp3) is 0.412. The second kappa shape index (κ2) is 6.40. The van der Waals surface area contributed by atoms with Gasteiger partial charge in [-0.3, -0.25) is 4.79 Å². The molecule has 9 heteroatoms. The van der Waals surface area contributed by atoms with Crippen LogP contribution in [0.2, 0.25) is 0 Å². The zero-order valence-corrected chi connectivity index (χ0v) is 15.3. The third-order valence-corrected chi connectivity index (χ3v) is 5.58. The van der Waals surface area contributed by atoms with Gasteiger partial charge in [-0.2, -0.15) is 0 Å². The average Bonchev–Trinajstić information content (AvgIpc) is 3.15. The first-order valence-electron chi connectivity index (χ1n) is 8.13. The van der Waals surface area contributed by atoms with Crippen molar-refractivity contribution in [3.63, 3.8) is 0 Å². The normalized spacial score (nSPS) is 20.9. The molecule has 4 rings (SSSR count). The first kappa shape index (κ1) is 18.9. The van der Waals surface area contributed by atoms with Crippen LogP contribution in [0.1, 0.15) is 35.2 Å². The summed E-state index contributed by atoms with van der Waals surface area (Å²) in [6.07, 6.45) is 3.24. The van der Waals surface area contributed by atoms with Crippen molar-refractivity contribution in [1.82, 2.24) is 4.98 Å². The molecule has 0 radical (unpaired) electrons. The molecule has 0 bridgehead atoms. The molecule has 26 heavy (non-hydrogen) atoms. The number of hydrogen-bond donors (Lipinski definition) is 3. The van der Waals surface area contributed by atoms with Crippen molar-refractivity contribution < 1.29 is 14.3 Å². The zero-order valence-electron chi connectivity index (χ0n) is 13.7. The van der Waals surface area contributed by atoms with Gasteiger partial charge in [0, 0.05) is 36.3 Å². The van der Waals surface area contributed by atoms with Crippen LogP contribution in [0.15, 0.2) is 17.1 Å². The molecular weight excluding hydrogens is 384 g/mol. The van der Waals surface area contributed by atoms with E-state index < -0.39 is 27.7 Å². The maximum absolute atomic E-state index is 15.0. The highest BCUT2D eigenvalue weighted by Gasteiger charge is 2.47. The molecule has 0 amide bonds. The highest BCUT2D eigenvalue weighted by Crippen LogP contribution is 2.57. The third-order valence-electron chi connectivity index (χ3n) is 5.01. The number of hydrogen-bond acceptors (Lipinski definition) is 4. The van der Waals surface area contributed by atoms with Crippen LogP contribution in [0.4, 0.5) is 10.1 Å². The standard InChI is InChI=1S/C17H17ClFN3O3.ClH/c18-17(2-3-17)12-13-9(15(23)10(6-21-13)16(24)25)5-11(19)14(12)22-4-1-8(20)7-22;/h5-6,8H,1-4,7,20H2,(H,21,23)(H,24,25);1H. The minimum Gasteiger partial charge on any atom is -0.477 e. The number of H-pyrrole nitrogens is 1. The summed E-state index contributed by atoms with van der Waals surface area (Å²) in [6.45, 7) is 1.13. The Morgan fingerprint density at radius 1 is 1.46 bits per heavy atom. The number of rotatable bonds is 3. The van der Waals surface area contributed by atoms with Crippen LogP contribution in [0.3, 0.4) is 0 Å². The lowest BCUT2D eigenvalue weighted by molar-refractivity contribution is 0.0695. The Labute approximate surface area is 159 Å². The van der Waals surface area contributed by atoms with Gasteiger partial charge in [0.25, 0.3) is 0 Å². The van der Waals surface area contributed by atoms with Gasteiger partial charge in [0.05, 0.1) is 16.1 Å². The van der Waals surface area contributed by atoms with Crippen LogP contribution >= 0.6 is 24.0 Å². The van der Waals surface area contributed by atoms with Crippen LogP contribution in [0.25, 0.3) is 10.9 Å². The first-order chi connectivity index (χ1) is 11.8. The summed E-state index contributed by atoms with van der Waals surface area (Å²) in [5, 5.41) is 9.14. The number of pyridine rings is 1. The SMILES string of the molecule is Cl.NC1CCN(c2c(F)cc3c(=O)c(C(=O)O)c[nH]c3c2C2(Cl)CC2)C1. The van der Waals surface area contributed by atoms with Crippen LogP contribution in [0.5, 0.6) is 0 Å². The van der Waals surface area contributed by atoms with E-state index in [0.29, 0.717) is 42.7 Å². The number of nitrogens with two attached hydrogens (primary N) is 1. The molecule has 1 aromatic heterocycles. The van der Waals surface area contributed by atoms with E-state index in [2.05, 4.69) is 4.98 Å². The molecular formula is C17H18Cl2FN3O3. The van der Waals surface area contributed by atoms with Gasteiger partial charge in [-0.05, 0) is 25.3 Å². The number of aromatic amines is 1. The largest absolute Gasteiger partial charge is 0.477 e. The Bertz CT molecular complexity index is 958. The van der Waals surface area contributed by atoms with Crippen molar-refractivity contribution in [3.05, 3.63) is 39.4 Å². The minimum absolute atomic E-state index is 0. The highest BCUT2D eigenvalue weighted by molar-refractivity contribution is 6.27. The molecule has 2 fully saturated rings. The summed E-state index contributed by atoms with van der Waals surface area (Å²) in [6, 6.07) is 1.06. The third kappa shape index (κ3) is 2.84. The van der Waals surface area contributed by atoms with E-state index in [1.165, 1.54) is 0 Å². The lowest BCUT2D eigenvalue weighted by Gasteiger charge is -2.26. The number of carboxylic acid groups (broad SMARTS) is 1. The fourth-order valence-corrected chi connectivity index (χ4v) is 3.86. The van der Waals surface area contributed by atoms with Crippen LogP contribution in [-0.4, -0.2) is 35.2 Å². The van der Waals surface area contributed by atoms with Gasteiger partial charge in [0.1, 0.15) is 11.4 Å². The molecule has 1 saturated heterocycles. The smallest absolute Gasteiger partial charge is 0.341 e. The van der Waals surface area contributed by atoms with E-state index in [-0.39, 0.29) is 23.8 Å². The summed E-state index contributed by atoms with van der Waals surface area (Å²) in [7, 11) is 0. The molecule has 6 nitrogen and oxygen atoms in total. The Morgan fingerprint density at radius 3 is 2.69 bits per heavy atom. The average molecular weight is 402 g/mol. The highest BCUT2D eigenvalue weighted by atomic mass is 35.5. The summed E-state index contributed by atoms with van der Waals surface area (Å²) in [5.41, 5.74) is 6.12. The van der Waals surface area contributed by atoms with Crippen LogP contribution in [0, 0.1) is 5.82 Å². The Morgan fingerprint density at radius 2 is 2.15 bits per heavy atom. The number of aromatic carboxylic acids is 1. The first-order valence-corrected chi connectivity index (χ1v) is 8.51. The number of halogens is 3. The predicted octanol–water partition coefficient (Wildman–Crippen LogP) is 2.55. The Hall–Kier alpha value is -1.83. The van der Waals surface area contributed by atoms with Gasteiger partial charge in [-0.1, -0.05) is 0 Å². The number of alkyl halides is 1. The molecule has 1 atom stereocenters. The monoisotopic (exact) mass is 401 g/mol. The van der Waals surface area contributed by atoms with Gasteiger partial charge < -0.3 is 20.7 Å². The molecule has 2 aliphatic rings. The topological polar surface area (TPSA) is 99.4 Å². The van der Waals surface area contributed by atoms with Gasteiger partial charge in [0.15, 0.2) is 0 Å². The van der Waals surface area contributed by atoms with E-state index in [4.69, 9.17) is 22.4 Å². The summed E-state index contributed by atoms with van der Waals surface area (Å²) < 4.78 is 15.0. The van der Waals surface area contributed by atoms with Crippen molar-refractivity contribution in [2.24, 2.45) is 5.73 Å². The van der Waals surface area contributed by atoms with Gasteiger partial charge in [0.2, 0.25) is 5.43 Å². The predicted molar refractivity (Wildman–Crippen MR) is 100 cm³/mol. The molecule has 1 aliphatic carbocycles. The van der Waals surface area contributed by atoms with Crippen molar-refractivity contribution in [2.75, 3.05) is 18.0 Å². The van der Waals surface area contributed by atoms with Crippen molar-refractivity contribution in [1.29, 1.82) is 0 Å². The number of benzene rings is 1. The molecule has 2 heterocycles. The molecule has 1 unspecified atom stereocenters. The summed E-state index contributed by atoms with van der Waals surface area (Å²) in [4.78, 5) is 27.6. The second-order valence-electron chi connectivity index (χ2n) is 6.80. The molecule has 2 aromatic rings. The van der Waals surface area contributed by atoms with Crippen molar-refractivity contribution in [3.8, 4) is 0 Å². The molecule has 0 spiro atoms. The number of aromatic nitrogens is 1. The lowest BCUT2D eigenvalue weighted by atomic mass is 10.00. The number of anilines is 1. The van der Waals surface area contributed by atoms with E-state index >= 15 is 0 Å². The summed E-state index contributed by atoms with van der Waals surface area (Å²) in [5.74, 6) is -1.93. The fourth-order valence-electron chi connectivity index (χ4n) is 3.58. The molecule has 140 valence electrons. The Balaban J connectivity index is 0.00000196. The van der Waals surface area contributed by atoms with Crippen molar-refractivity contribution in [2.45, 2.75) is 30.2 Å². The quantitative estimate of drug-likeness (QED) is 0.686. The minimum atomic E-state index is -1.35. The second-order valence-corrected chi connectivity index (χ2v) is 7.52.